The van der Waals surface area contributed by atoms with Crippen LogP contribution in [-0.4, -0.2) is 30.6 Å². The molecule has 1 aliphatic carbocycles. The highest BCUT2D eigenvalue weighted by Gasteiger charge is 2.42. The van der Waals surface area contributed by atoms with E-state index in [0.717, 1.165) is 30.9 Å². The number of carbonyl (C=O) groups is 1. The average molecular weight is 303 g/mol. The van der Waals surface area contributed by atoms with Crippen LogP contribution in [0.5, 0.6) is 11.5 Å². The second-order valence-corrected chi connectivity index (χ2v) is 6.26. The van der Waals surface area contributed by atoms with E-state index in [1.54, 1.807) is 0 Å². The van der Waals surface area contributed by atoms with Gasteiger partial charge in [0, 0.05) is 19.0 Å². The van der Waals surface area contributed by atoms with Gasteiger partial charge in [0.2, 0.25) is 5.91 Å². The monoisotopic (exact) mass is 303 g/mol. The summed E-state index contributed by atoms with van der Waals surface area (Å²) in [5.41, 5.74) is 2.47. The first-order valence-electron chi connectivity index (χ1n) is 8.34. The molecule has 1 amide bonds. The molecule has 1 aliphatic heterocycles. The zero-order chi connectivity index (χ0) is 15.7. The van der Waals surface area contributed by atoms with Gasteiger partial charge in [-0.05, 0) is 55.9 Å². The van der Waals surface area contributed by atoms with Gasteiger partial charge >= 0.3 is 0 Å². The Kier molecular flexibility index (Phi) is 4.27. The van der Waals surface area contributed by atoms with Crippen molar-refractivity contribution < 1.29 is 14.3 Å². The van der Waals surface area contributed by atoms with Crippen LogP contribution < -0.4 is 9.47 Å². The number of benzene rings is 1. The van der Waals surface area contributed by atoms with Crippen molar-refractivity contribution in [2.45, 2.75) is 40.2 Å². The highest BCUT2D eigenvalue weighted by molar-refractivity contribution is 5.82. The number of amides is 1. The molecule has 2 unspecified atom stereocenters. The molecule has 22 heavy (non-hydrogen) atoms. The van der Waals surface area contributed by atoms with Gasteiger partial charge in [-0.15, -0.1) is 0 Å². The lowest BCUT2D eigenvalue weighted by Crippen LogP contribution is -2.37. The van der Waals surface area contributed by atoms with Gasteiger partial charge in [0.25, 0.3) is 0 Å². The predicted molar refractivity (Wildman–Crippen MR) is 85.2 cm³/mol. The van der Waals surface area contributed by atoms with Gasteiger partial charge in [0.15, 0.2) is 11.5 Å². The summed E-state index contributed by atoms with van der Waals surface area (Å²) in [6.45, 7) is 8.86. The summed E-state index contributed by atoms with van der Waals surface area (Å²) in [6, 6.07) is 4.14. The highest BCUT2D eigenvalue weighted by Crippen LogP contribution is 2.40. The Labute approximate surface area is 132 Å². The van der Waals surface area contributed by atoms with E-state index in [1.807, 2.05) is 18.7 Å². The average Bonchev–Trinajstić information content (AvgIpc) is 3.24. The Bertz CT molecular complexity index is 570. The summed E-state index contributed by atoms with van der Waals surface area (Å²) in [5, 5.41) is 0. The van der Waals surface area contributed by atoms with Crippen molar-refractivity contribution in [3.05, 3.63) is 23.3 Å². The molecule has 4 heteroatoms. The van der Waals surface area contributed by atoms with Crippen LogP contribution in [0.4, 0.5) is 0 Å². The second kappa shape index (κ2) is 6.19. The molecule has 0 aromatic heterocycles. The maximum absolute atomic E-state index is 12.4. The Morgan fingerprint density at radius 3 is 2.32 bits per heavy atom. The van der Waals surface area contributed by atoms with Gasteiger partial charge in [-0.2, -0.15) is 0 Å². The summed E-state index contributed by atoms with van der Waals surface area (Å²) in [7, 11) is 0. The summed E-state index contributed by atoms with van der Waals surface area (Å²) in [5.74, 6) is 2.75. The minimum absolute atomic E-state index is 0.260. The van der Waals surface area contributed by atoms with Crippen LogP contribution in [0, 0.1) is 11.8 Å². The van der Waals surface area contributed by atoms with Crippen LogP contribution in [-0.2, 0) is 17.8 Å². The molecule has 4 nitrogen and oxygen atoms in total. The smallest absolute Gasteiger partial charge is 0.226 e. The third-order valence-electron chi connectivity index (χ3n) is 4.62. The standard InChI is InChI=1S/C18H25NO3/c1-4-21-16-9-13-6-7-19(18(20)15-8-12(15)3)11-14(13)10-17(16)22-5-2/h9-10,12,15H,4-8,11H2,1-3H3. The van der Waals surface area contributed by atoms with Crippen LogP contribution in [0.15, 0.2) is 12.1 Å². The number of rotatable bonds is 5. The predicted octanol–water partition coefficient (Wildman–Crippen LogP) is 3.02. The zero-order valence-corrected chi connectivity index (χ0v) is 13.7. The largest absolute Gasteiger partial charge is 0.490 e. The van der Waals surface area contributed by atoms with Crippen molar-refractivity contribution in [2.24, 2.45) is 11.8 Å². The molecule has 120 valence electrons. The Morgan fingerprint density at radius 2 is 1.77 bits per heavy atom. The lowest BCUT2D eigenvalue weighted by molar-refractivity contribution is -0.133. The molecule has 1 aromatic carbocycles. The molecular weight excluding hydrogens is 278 g/mol. The van der Waals surface area contributed by atoms with E-state index in [1.165, 1.54) is 11.1 Å². The molecule has 1 saturated carbocycles. The molecule has 1 heterocycles. The van der Waals surface area contributed by atoms with Gasteiger partial charge < -0.3 is 14.4 Å². The van der Waals surface area contributed by atoms with Crippen molar-refractivity contribution >= 4 is 5.91 Å². The van der Waals surface area contributed by atoms with Crippen molar-refractivity contribution in [3.63, 3.8) is 0 Å². The zero-order valence-electron chi connectivity index (χ0n) is 13.7. The Morgan fingerprint density at radius 1 is 1.18 bits per heavy atom. The summed E-state index contributed by atoms with van der Waals surface area (Å²) in [6.07, 6.45) is 1.95. The maximum atomic E-state index is 12.4. The first kappa shape index (κ1) is 15.2. The molecule has 3 rings (SSSR count). The van der Waals surface area contributed by atoms with E-state index in [4.69, 9.17) is 9.47 Å². The Hall–Kier alpha value is -1.71. The van der Waals surface area contributed by atoms with E-state index < -0.39 is 0 Å². The molecule has 0 spiro atoms. The van der Waals surface area contributed by atoms with E-state index in [9.17, 15) is 4.79 Å². The van der Waals surface area contributed by atoms with Crippen molar-refractivity contribution in [3.8, 4) is 11.5 Å². The van der Waals surface area contributed by atoms with Gasteiger partial charge in [-0.25, -0.2) is 0 Å². The van der Waals surface area contributed by atoms with E-state index in [2.05, 4.69) is 19.1 Å². The summed E-state index contributed by atoms with van der Waals surface area (Å²) < 4.78 is 11.4. The van der Waals surface area contributed by atoms with E-state index in [0.29, 0.717) is 31.6 Å². The van der Waals surface area contributed by atoms with Gasteiger partial charge in [-0.3, -0.25) is 4.79 Å². The fraction of sp³-hybridized carbons (Fsp3) is 0.611. The maximum Gasteiger partial charge on any atom is 0.226 e. The molecular formula is C18H25NO3. The van der Waals surface area contributed by atoms with Gasteiger partial charge in [0.05, 0.1) is 13.2 Å². The minimum atomic E-state index is 0.260. The molecule has 0 radical (unpaired) electrons. The molecule has 1 aromatic rings. The molecule has 0 saturated heterocycles. The molecule has 0 bridgehead atoms. The fourth-order valence-corrected chi connectivity index (χ4v) is 3.19. The van der Waals surface area contributed by atoms with Crippen LogP contribution in [0.2, 0.25) is 0 Å². The van der Waals surface area contributed by atoms with Crippen LogP contribution in [0.3, 0.4) is 0 Å². The van der Waals surface area contributed by atoms with Crippen molar-refractivity contribution in [2.75, 3.05) is 19.8 Å². The number of fused-ring (bicyclic) bond motifs is 1. The quantitative estimate of drug-likeness (QED) is 0.839. The topological polar surface area (TPSA) is 38.8 Å². The first-order valence-corrected chi connectivity index (χ1v) is 8.34. The molecule has 1 fully saturated rings. The number of hydrogen-bond donors (Lipinski definition) is 0. The number of nitrogens with zero attached hydrogens (tertiary/aromatic N) is 1. The van der Waals surface area contributed by atoms with Crippen LogP contribution >= 0.6 is 0 Å². The number of hydrogen-bond acceptors (Lipinski definition) is 3. The molecule has 2 aliphatic rings. The lowest BCUT2D eigenvalue weighted by Gasteiger charge is -2.30. The third kappa shape index (κ3) is 2.92. The van der Waals surface area contributed by atoms with Crippen LogP contribution in [0.1, 0.15) is 38.3 Å². The van der Waals surface area contributed by atoms with Crippen molar-refractivity contribution in [1.29, 1.82) is 0 Å². The summed E-state index contributed by atoms with van der Waals surface area (Å²) >= 11 is 0. The molecule has 0 N–H and O–H groups in total. The lowest BCUT2D eigenvalue weighted by atomic mass is 9.98. The number of carbonyl (C=O) groups excluding carboxylic acids is 1. The van der Waals surface area contributed by atoms with E-state index in [-0.39, 0.29) is 5.92 Å². The van der Waals surface area contributed by atoms with Gasteiger partial charge in [-0.1, -0.05) is 6.92 Å². The fourth-order valence-electron chi connectivity index (χ4n) is 3.19. The van der Waals surface area contributed by atoms with E-state index >= 15 is 0 Å². The third-order valence-corrected chi connectivity index (χ3v) is 4.62. The summed E-state index contributed by atoms with van der Waals surface area (Å²) in [4.78, 5) is 14.4. The first-order chi connectivity index (χ1) is 10.6. The molecule has 2 atom stereocenters. The van der Waals surface area contributed by atoms with Gasteiger partial charge in [0.1, 0.15) is 0 Å². The Balaban J connectivity index is 1.80. The SMILES string of the molecule is CCOc1cc2c(cc1OCC)CN(C(=O)C1CC1C)CC2. The van der Waals surface area contributed by atoms with Crippen molar-refractivity contribution in [1.82, 2.24) is 4.90 Å². The normalized spacial score (nSPS) is 23.0. The van der Waals surface area contributed by atoms with Crippen LogP contribution in [0.25, 0.3) is 0 Å². The highest BCUT2D eigenvalue weighted by atomic mass is 16.5. The number of ether oxygens (including phenoxy) is 2. The minimum Gasteiger partial charge on any atom is -0.490 e. The second-order valence-electron chi connectivity index (χ2n) is 6.26.